The molecule has 0 aromatic carbocycles. The third-order valence-corrected chi connectivity index (χ3v) is 5.52. The smallest absolute Gasteiger partial charge is 0.228 e. The number of hydrogen-bond acceptors (Lipinski definition) is 5. The van der Waals surface area contributed by atoms with Gasteiger partial charge in [0.15, 0.2) is 0 Å². The van der Waals surface area contributed by atoms with Crippen molar-refractivity contribution in [2.24, 2.45) is 5.92 Å². The maximum Gasteiger partial charge on any atom is 0.228 e. The molecule has 7 nitrogen and oxygen atoms in total. The van der Waals surface area contributed by atoms with Gasteiger partial charge in [0.2, 0.25) is 17.7 Å². The highest BCUT2D eigenvalue weighted by molar-refractivity contribution is 5.89. The Balaban J connectivity index is 1.31. The molecular weight excluding hydrogens is 334 g/mol. The molecule has 3 fully saturated rings. The summed E-state index contributed by atoms with van der Waals surface area (Å²) < 4.78 is 11.2. The van der Waals surface area contributed by atoms with E-state index in [1.54, 1.807) is 6.20 Å². The Hall–Kier alpha value is -2.15. The summed E-state index contributed by atoms with van der Waals surface area (Å²) in [5, 5.41) is 0. The van der Waals surface area contributed by atoms with Crippen LogP contribution in [0.4, 0.5) is 0 Å². The van der Waals surface area contributed by atoms with Gasteiger partial charge < -0.3 is 19.3 Å². The minimum absolute atomic E-state index is 0.0300. The minimum Gasteiger partial charge on any atom is -0.472 e. The maximum absolute atomic E-state index is 12.9. The lowest BCUT2D eigenvalue weighted by Gasteiger charge is -2.31. The number of rotatable bonds is 4. The van der Waals surface area contributed by atoms with Crippen LogP contribution in [0.1, 0.15) is 25.7 Å². The standard InChI is InChI=1S/C19H25N3O4/c23-18-11-14(12-22(18)15-5-9-25-10-6-15)19(24)21-8-4-16(13-21)26-17-3-1-2-7-20-17/h1-3,7,14-16H,4-6,8-13H2. The lowest BCUT2D eigenvalue weighted by Crippen LogP contribution is -2.42. The van der Waals surface area contributed by atoms with Crippen LogP contribution < -0.4 is 4.74 Å². The zero-order chi connectivity index (χ0) is 17.9. The van der Waals surface area contributed by atoms with E-state index in [0.717, 1.165) is 19.3 Å². The molecule has 2 unspecified atom stereocenters. The Morgan fingerprint density at radius 2 is 2.04 bits per heavy atom. The van der Waals surface area contributed by atoms with Crippen LogP contribution in [0.2, 0.25) is 0 Å². The molecule has 0 saturated carbocycles. The Morgan fingerprint density at radius 1 is 1.19 bits per heavy atom. The highest BCUT2D eigenvalue weighted by Gasteiger charge is 2.41. The molecule has 4 rings (SSSR count). The highest BCUT2D eigenvalue weighted by atomic mass is 16.5. The molecule has 1 aromatic heterocycles. The summed E-state index contributed by atoms with van der Waals surface area (Å²) in [4.78, 5) is 33.2. The molecule has 0 bridgehead atoms. The monoisotopic (exact) mass is 359 g/mol. The van der Waals surface area contributed by atoms with Gasteiger partial charge in [0.25, 0.3) is 0 Å². The van der Waals surface area contributed by atoms with E-state index in [-0.39, 0.29) is 29.9 Å². The summed E-state index contributed by atoms with van der Waals surface area (Å²) >= 11 is 0. The maximum atomic E-state index is 12.9. The van der Waals surface area contributed by atoms with Crippen LogP contribution in [0.5, 0.6) is 5.88 Å². The topological polar surface area (TPSA) is 72.0 Å². The number of carbonyl (C=O) groups excluding carboxylic acids is 2. The third-order valence-electron chi connectivity index (χ3n) is 5.52. The molecule has 0 aliphatic carbocycles. The molecule has 1 aromatic rings. The van der Waals surface area contributed by atoms with Crippen LogP contribution in [0.15, 0.2) is 24.4 Å². The average Bonchev–Trinajstić information content (AvgIpc) is 3.29. The predicted molar refractivity (Wildman–Crippen MR) is 93.5 cm³/mol. The minimum atomic E-state index is -0.223. The second kappa shape index (κ2) is 7.61. The molecule has 26 heavy (non-hydrogen) atoms. The van der Waals surface area contributed by atoms with Crippen LogP contribution in [0, 0.1) is 5.92 Å². The summed E-state index contributed by atoms with van der Waals surface area (Å²) in [5.74, 6) is 0.559. The fourth-order valence-electron chi connectivity index (χ4n) is 4.12. The van der Waals surface area contributed by atoms with Crippen molar-refractivity contribution in [1.82, 2.24) is 14.8 Å². The van der Waals surface area contributed by atoms with Gasteiger partial charge in [0.05, 0.1) is 12.5 Å². The van der Waals surface area contributed by atoms with E-state index in [1.165, 1.54) is 0 Å². The highest BCUT2D eigenvalue weighted by Crippen LogP contribution is 2.27. The Labute approximate surface area is 153 Å². The van der Waals surface area contributed by atoms with E-state index in [1.807, 2.05) is 28.0 Å². The first kappa shape index (κ1) is 17.3. The van der Waals surface area contributed by atoms with Gasteiger partial charge >= 0.3 is 0 Å². The molecule has 0 radical (unpaired) electrons. The van der Waals surface area contributed by atoms with Crippen LogP contribution in [-0.2, 0) is 14.3 Å². The number of carbonyl (C=O) groups is 2. The molecule has 2 amide bonds. The Morgan fingerprint density at radius 3 is 2.81 bits per heavy atom. The average molecular weight is 359 g/mol. The second-order valence-electron chi connectivity index (χ2n) is 7.27. The summed E-state index contributed by atoms with van der Waals surface area (Å²) in [6.07, 6.45) is 4.54. The van der Waals surface area contributed by atoms with Gasteiger partial charge in [-0.3, -0.25) is 9.59 Å². The molecule has 3 aliphatic heterocycles. The van der Waals surface area contributed by atoms with E-state index in [0.29, 0.717) is 45.1 Å². The number of aromatic nitrogens is 1. The van der Waals surface area contributed by atoms with Crippen LogP contribution >= 0.6 is 0 Å². The van der Waals surface area contributed by atoms with Crippen LogP contribution in [-0.4, -0.2) is 71.6 Å². The molecule has 0 N–H and O–H groups in total. The summed E-state index contributed by atoms with van der Waals surface area (Å²) in [7, 11) is 0. The third kappa shape index (κ3) is 3.67. The lowest BCUT2D eigenvalue weighted by atomic mass is 10.1. The number of hydrogen-bond donors (Lipinski definition) is 0. The van der Waals surface area contributed by atoms with E-state index < -0.39 is 0 Å². The first-order valence-corrected chi connectivity index (χ1v) is 9.44. The number of likely N-dealkylation sites (tertiary alicyclic amines) is 2. The van der Waals surface area contributed by atoms with Crippen molar-refractivity contribution in [2.75, 3.05) is 32.8 Å². The number of nitrogens with zero attached hydrogens (tertiary/aromatic N) is 3. The Bertz CT molecular complexity index is 647. The SMILES string of the molecule is O=C(C1CC(=O)N(C2CCOCC2)C1)N1CCC(Oc2ccccn2)C1. The van der Waals surface area contributed by atoms with Crippen molar-refractivity contribution in [3.63, 3.8) is 0 Å². The first-order valence-electron chi connectivity index (χ1n) is 9.44. The van der Waals surface area contributed by atoms with Crippen molar-refractivity contribution >= 4 is 11.8 Å². The molecule has 2 atom stereocenters. The largest absolute Gasteiger partial charge is 0.472 e. The molecule has 140 valence electrons. The van der Waals surface area contributed by atoms with Crippen LogP contribution in [0.3, 0.4) is 0 Å². The van der Waals surface area contributed by atoms with Gasteiger partial charge in [-0.1, -0.05) is 6.07 Å². The van der Waals surface area contributed by atoms with Crippen molar-refractivity contribution in [3.05, 3.63) is 24.4 Å². The van der Waals surface area contributed by atoms with Crippen molar-refractivity contribution in [1.29, 1.82) is 0 Å². The van der Waals surface area contributed by atoms with Gasteiger partial charge in [0, 0.05) is 57.4 Å². The molecular formula is C19H25N3O4. The molecule has 3 saturated heterocycles. The second-order valence-corrected chi connectivity index (χ2v) is 7.27. The zero-order valence-electron chi connectivity index (χ0n) is 14.9. The first-order chi connectivity index (χ1) is 12.7. The van der Waals surface area contributed by atoms with Gasteiger partial charge in [0.1, 0.15) is 6.10 Å². The Kier molecular flexibility index (Phi) is 5.06. The van der Waals surface area contributed by atoms with Crippen molar-refractivity contribution in [3.8, 4) is 5.88 Å². The fourth-order valence-corrected chi connectivity index (χ4v) is 4.12. The number of amides is 2. The predicted octanol–water partition coefficient (Wildman–Crippen LogP) is 1.09. The molecule has 0 spiro atoms. The van der Waals surface area contributed by atoms with E-state index in [4.69, 9.17) is 9.47 Å². The van der Waals surface area contributed by atoms with Crippen molar-refractivity contribution in [2.45, 2.75) is 37.8 Å². The lowest BCUT2D eigenvalue weighted by molar-refractivity contribution is -0.135. The molecule has 4 heterocycles. The number of pyridine rings is 1. The van der Waals surface area contributed by atoms with Gasteiger partial charge in [-0.2, -0.15) is 0 Å². The van der Waals surface area contributed by atoms with Crippen LogP contribution in [0.25, 0.3) is 0 Å². The molecule has 7 heteroatoms. The van der Waals surface area contributed by atoms with E-state index in [9.17, 15) is 9.59 Å². The quantitative estimate of drug-likeness (QED) is 0.805. The van der Waals surface area contributed by atoms with Crippen molar-refractivity contribution < 1.29 is 19.1 Å². The van der Waals surface area contributed by atoms with E-state index >= 15 is 0 Å². The van der Waals surface area contributed by atoms with Gasteiger partial charge in [-0.05, 0) is 18.9 Å². The summed E-state index contributed by atoms with van der Waals surface area (Å²) in [5.41, 5.74) is 0. The van der Waals surface area contributed by atoms with E-state index in [2.05, 4.69) is 4.98 Å². The van der Waals surface area contributed by atoms with Gasteiger partial charge in [-0.25, -0.2) is 4.98 Å². The zero-order valence-corrected chi connectivity index (χ0v) is 14.9. The van der Waals surface area contributed by atoms with Gasteiger partial charge in [-0.15, -0.1) is 0 Å². The molecule has 3 aliphatic rings. The summed E-state index contributed by atoms with van der Waals surface area (Å²) in [6, 6.07) is 5.78. The normalized spacial score (nSPS) is 27.2. The number of ether oxygens (including phenoxy) is 2. The summed E-state index contributed by atoms with van der Waals surface area (Å²) in [6.45, 7) is 3.19. The fraction of sp³-hybridized carbons (Fsp3) is 0.632.